The fourth-order valence-corrected chi connectivity index (χ4v) is 2.99. The zero-order chi connectivity index (χ0) is 19.1. The average Bonchev–Trinajstić information content (AvgIpc) is 2.70. The molecule has 6 heteroatoms. The van der Waals surface area contributed by atoms with Crippen LogP contribution in [0.15, 0.2) is 60.9 Å². The lowest BCUT2D eigenvalue weighted by atomic mass is 10.2. The Hall–Kier alpha value is -2.27. The number of hydrogen-bond acceptors (Lipinski definition) is 3. The first kappa shape index (κ1) is 19.5. The quantitative estimate of drug-likeness (QED) is 0.611. The normalized spacial score (nSPS) is 10.6. The first-order valence-corrected chi connectivity index (χ1v) is 9.35. The van der Waals surface area contributed by atoms with E-state index in [-0.39, 0.29) is 0 Å². The Morgan fingerprint density at radius 1 is 0.815 bits per heavy atom. The molecule has 27 heavy (non-hydrogen) atoms. The minimum absolute atomic E-state index is 0.390. The van der Waals surface area contributed by atoms with E-state index >= 15 is 0 Å². The number of benzene rings is 2. The highest BCUT2D eigenvalue weighted by Gasteiger charge is 2.08. The molecule has 0 fully saturated rings. The molecule has 0 radical (unpaired) electrons. The van der Waals surface area contributed by atoms with Gasteiger partial charge in [-0.15, -0.1) is 0 Å². The van der Waals surface area contributed by atoms with Crippen LogP contribution in [0.5, 0.6) is 11.5 Å². The minimum atomic E-state index is 0.390. The number of rotatable bonds is 8. The van der Waals surface area contributed by atoms with Crippen LogP contribution in [0.25, 0.3) is 0 Å². The summed E-state index contributed by atoms with van der Waals surface area (Å²) >= 11 is 12.0. The summed E-state index contributed by atoms with van der Waals surface area (Å²) < 4.78 is 11.4. The van der Waals surface area contributed by atoms with Crippen LogP contribution in [0.2, 0.25) is 10.0 Å². The first-order chi connectivity index (χ1) is 13.2. The molecule has 0 atom stereocenters. The van der Waals surface area contributed by atoms with Gasteiger partial charge in [0, 0.05) is 23.5 Å². The van der Waals surface area contributed by atoms with Crippen LogP contribution in [0.1, 0.15) is 16.7 Å². The minimum Gasteiger partial charge on any atom is -0.493 e. The molecule has 0 saturated carbocycles. The van der Waals surface area contributed by atoms with Gasteiger partial charge in [-0.25, -0.2) is 0 Å². The van der Waals surface area contributed by atoms with Crippen molar-refractivity contribution in [3.63, 3.8) is 0 Å². The fourth-order valence-electron chi connectivity index (χ4n) is 2.67. The number of ether oxygens (including phenoxy) is 2. The molecule has 0 aliphatic carbocycles. The molecule has 0 amide bonds. The third kappa shape index (κ3) is 5.60. The van der Waals surface area contributed by atoms with E-state index in [0.717, 1.165) is 18.7 Å². The van der Waals surface area contributed by atoms with E-state index in [2.05, 4.69) is 16.4 Å². The number of quaternary nitrogens is 1. The van der Waals surface area contributed by atoms with Crippen molar-refractivity contribution >= 4 is 23.2 Å². The van der Waals surface area contributed by atoms with E-state index in [9.17, 15) is 0 Å². The van der Waals surface area contributed by atoms with Crippen molar-refractivity contribution < 1.29 is 14.8 Å². The third-order valence-corrected chi connectivity index (χ3v) is 4.85. The summed E-state index contributed by atoms with van der Waals surface area (Å²) in [5.41, 5.74) is 3.36. The van der Waals surface area contributed by atoms with Crippen LogP contribution in [0, 0.1) is 0 Å². The molecule has 4 nitrogen and oxygen atoms in total. The lowest BCUT2D eigenvalue weighted by Crippen LogP contribution is -2.80. The first-order valence-electron chi connectivity index (χ1n) is 8.60. The van der Waals surface area contributed by atoms with E-state index in [1.165, 1.54) is 11.1 Å². The highest BCUT2D eigenvalue weighted by molar-refractivity contribution is 6.42. The lowest BCUT2D eigenvalue weighted by Gasteiger charge is -2.12. The monoisotopic (exact) mass is 403 g/mol. The number of nitrogens with two attached hydrogens (primary N) is 1. The van der Waals surface area contributed by atoms with Crippen LogP contribution in [-0.4, -0.2) is 12.1 Å². The van der Waals surface area contributed by atoms with Gasteiger partial charge >= 0.3 is 0 Å². The molecule has 3 aromatic rings. The zero-order valence-corrected chi connectivity index (χ0v) is 16.5. The van der Waals surface area contributed by atoms with Gasteiger partial charge in [-0.2, -0.15) is 0 Å². The highest BCUT2D eigenvalue weighted by atomic mass is 35.5. The van der Waals surface area contributed by atoms with Gasteiger partial charge in [-0.3, -0.25) is 4.98 Å². The van der Waals surface area contributed by atoms with E-state index in [0.29, 0.717) is 28.2 Å². The summed E-state index contributed by atoms with van der Waals surface area (Å²) in [5, 5.41) is 3.29. The average molecular weight is 404 g/mol. The van der Waals surface area contributed by atoms with Crippen LogP contribution >= 0.6 is 23.2 Å². The summed E-state index contributed by atoms with van der Waals surface area (Å²) in [6.07, 6.45) is 3.62. The number of methoxy groups -OCH3 is 1. The van der Waals surface area contributed by atoms with Gasteiger partial charge in [0.15, 0.2) is 11.5 Å². The maximum atomic E-state index is 6.05. The Labute approximate surface area is 169 Å². The summed E-state index contributed by atoms with van der Waals surface area (Å²) in [6, 6.07) is 15.5. The Bertz CT molecular complexity index is 889. The van der Waals surface area contributed by atoms with E-state index in [4.69, 9.17) is 32.7 Å². The summed E-state index contributed by atoms with van der Waals surface area (Å²) in [5.74, 6) is 1.41. The van der Waals surface area contributed by atoms with Gasteiger partial charge in [0.2, 0.25) is 0 Å². The topological polar surface area (TPSA) is 48.0 Å². The second-order valence-corrected chi connectivity index (χ2v) is 6.89. The summed E-state index contributed by atoms with van der Waals surface area (Å²) in [4.78, 5) is 4.03. The molecule has 0 bridgehead atoms. The number of hydrogen-bond donors (Lipinski definition) is 1. The summed E-state index contributed by atoms with van der Waals surface area (Å²) in [7, 11) is 1.64. The maximum Gasteiger partial charge on any atom is 0.161 e. The van der Waals surface area contributed by atoms with Gasteiger partial charge < -0.3 is 14.8 Å². The number of pyridine rings is 1. The third-order valence-electron chi connectivity index (χ3n) is 4.12. The molecule has 140 valence electrons. The number of halogens is 2. The van der Waals surface area contributed by atoms with Crippen molar-refractivity contribution in [3.8, 4) is 11.5 Å². The molecule has 0 spiro atoms. The SMILES string of the molecule is COc1cc(C[NH2+]Cc2ccncc2)ccc1OCc1ccc(Cl)c(Cl)c1. The maximum absolute atomic E-state index is 6.05. The van der Waals surface area contributed by atoms with Crippen LogP contribution in [-0.2, 0) is 19.7 Å². The molecule has 0 aliphatic rings. The van der Waals surface area contributed by atoms with E-state index < -0.39 is 0 Å². The van der Waals surface area contributed by atoms with Crippen molar-refractivity contribution in [2.45, 2.75) is 19.7 Å². The zero-order valence-electron chi connectivity index (χ0n) is 15.0. The van der Waals surface area contributed by atoms with Crippen LogP contribution in [0.3, 0.4) is 0 Å². The Morgan fingerprint density at radius 3 is 2.30 bits per heavy atom. The van der Waals surface area contributed by atoms with Crippen molar-refractivity contribution in [3.05, 3.63) is 87.7 Å². The standard InChI is InChI=1S/C21H20Cl2N2O2/c1-26-21-11-16(13-25-12-15-6-8-24-9-7-15)3-5-20(21)27-14-17-2-4-18(22)19(23)10-17/h2-11,25H,12-14H2,1H3/p+1. The second-order valence-electron chi connectivity index (χ2n) is 6.07. The van der Waals surface area contributed by atoms with Gasteiger partial charge in [0.25, 0.3) is 0 Å². The fraction of sp³-hybridized carbons (Fsp3) is 0.190. The molecule has 0 saturated heterocycles. The van der Waals surface area contributed by atoms with E-state index in [1.807, 2.05) is 42.7 Å². The molecule has 1 aromatic heterocycles. The Morgan fingerprint density at radius 2 is 1.56 bits per heavy atom. The van der Waals surface area contributed by atoms with Crippen LogP contribution in [0.4, 0.5) is 0 Å². The lowest BCUT2D eigenvalue weighted by molar-refractivity contribution is -0.686. The van der Waals surface area contributed by atoms with Gasteiger partial charge in [0.05, 0.1) is 17.2 Å². The molecule has 2 aromatic carbocycles. The van der Waals surface area contributed by atoms with Crippen molar-refractivity contribution in [2.75, 3.05) is 7.11 Å². The van der Waals surface area contributed by atoms with Crippen molar-refractivity contribution in [1.29, 1.82) is 0 Å². The molecule has 2 N–H and O–H groups in total. The number of nitrogens with zero attached hydrogens (tertiary/aromatic N) is 1. The van der Waals surface area contributed by atoms with Crippen LogP contribution < -0.4 is 14.8 Å². The highest BCUT2D eigenvalue weighted by Crippen LogP contribution is 2.29. The molecule has 1 heterocycles. The molecular formula is C21H21Cl2N2O2+. The predicted octanol–water partition coefficient (Wildman–Crippen LogP) is 4.24. The molecular weight excluding hydrogens is 383 g/mol. The van der Waals surface area contributed by atoms with E-state index in [1.54, 1.807) is 19.2 Å². The Kier molecular flexibility index (Phi) is 6.93. The molecule has 0 aliphatic heterocycles. The van der Waals surface area contributed by atoms with Gasteiger partial charge in [-0.1, -0.05) is 29.3 Å². The second kappa shape index (κ2) is 9.60. The van der Waals surface area contributed by atoms with Crippen molar-refractivity contribution in [2.24, 2.45) is 0 Å². The smallest absolute Gasteiger partial charge is 0.161 e. The summed E-state index contributed by atoms with van der Waals surface area (Å²) in [6.45, 7) is 2.15. The number of aromatic nitrogens is 1. The predicted molar refractivity (Wildman–Crippen MR) is 107 cm³/mol. The Balaban J connectivity index is 1.59. The van der Waals surface area contributed by atoms with Gasteiger partial charge in [-0.05, 0) is 48.0 Å². The molecule has 0 unspecified atom stereocenters. The van der Waals surface area contributed by atoms with Gasteiger partial charge in [0.1, 0.15) is 19.7 Å². The largest absolute Gasteiger partial charge is 0.493 e. The molecule has 3 rings (SSSR count). The van der Waals surface area contributed by atoms with Crippen molar-refractivity contribution in [1.82, 2.24) is 4.98 Å².